The number of carbonyl (C=O) groups excluding carboxylic acids is 2. The molecule has 0 aliphatic carbocycles. The van der Waals surface area contributed by atoms with Crippen molar-refractivity contribution in [3.05, 3.63) is 177 Å². The first kappa shape index (κ1) is 112. The summed E-state index contributed by atoms with van der Waals surface area (Å²) in [6.45, 7) is 18.1. The molecular formula is C65H93Cl11N27O20-. The zero-order valence-electron chi connectivity index (χ0n) is 68.5. The third-order valence-electron chi connectivity index (χ3n) is 18.1. The zero-order valence-corrected chi connectivity index (χ0v) is 76.8. The van der Waals surface area contributed by atoms with E-state index >= 15 is 0 Å². The lowest BCUT2D eigenvalue weighted by molar-refractivity contribution is -0.920. The molecule has 0 saturated carbocycles. The highest BCUT2D eigenvalue weighted by molar-refractivity contribution is 6.30. The van der Waals surface area contributed by atoms with Crippen LogP contribution in [0.25, 0.3) is 0 Å². The summed E-state index contributed by atoms with van der Waals surface area (Å²) < 4.78 is 24.4. The monoisotopic (exact) mass is 1960 g/mol. The Labute approximate surface area is 762 Å². The minimum Gasteiger partial charge on any atom is -1.00 e. The lowest BCUT2D eigenvalue weighted by atomic mass is 10.0. The summed E-state index contributed by atoms with van der Waals surface area (Å²) in [5, 5.41) is 87.8. The van der Waals surface area contributed by atoms with Crippen LogP contribution in [0.1, 0.15) is 118 Å². The van der Waals surface area contributed by atoms with E-state index in [1.807, 2.05) is 42.2 Å². The fraction of sp³-hybridized carbons (Fsp3) is 0.600. The number of rotatable bonds is 44. The fourth-order valence-corrected chi connectivity index (χ4v) is 15.1. The van der Waals surface area contributed by atoms with Gasteiger partial charge in [-0.15, -0.1) is 81.2 Å². The summed E-state index contributed by atoms with van der Waals surface area (Å²) in [6, 6.07) is 0. The number of imidazole rings is 8. The maximum atomic E-state index is 12.5. The van der Waals surface area contributed by atoms with Crippen molar-refractivity contribution in [3.63, 3.8) is 0 Å². The first-order chi connectivity index (χ1) is 55.7. The Hall–Kier alpha value is -9.11. The maximum Gasteiger partial charge on any atom is 0.390 e. The maximum absolute atomic E-state index is 12.5. The van der Waals surface area contributed by atoms with Crippen LogP contribution in [-0.4, -0.2) is 232 Å². The highest BCUT2D eigenvalue weighted by Gasteiger charge is 2.39. The molecule has 58 heteroatoms. The van der Waals surface area contributed by atoms with Gasteiger partial charge in [-0.3, -0.25) is 4.79 Å². The Morgan fingerprint density at radius 2 is 0.675 bits per heavy atom. The Morgan fingerprint density at radius 3 is 0.959 bits per heavy atom. The minimum absolute atomic E-state index is 0. The van der Waals surface area contributed by atoms with Crippen molar-refractivity contribution in [2.45, 2.75) is 173 Å². The van der Waals surface area contributed by atoms with Crippen LogP contribution in [0.15, 0.2) is 50.6 Å². The number of aromatic nitrogens is 16. The summed E-state index contributed by atoms with van der Waals surface area (Å²) >= 11 is 42.2. The van der Waals surface area contributed by atoms with Crippen molar-refractivity contribution >= 4 is 140 Å². The summed E-state index contributed by atoms with van der Waals surface area (Å²) in [7, 11) is 9.80. The van der Waals surface area contributed by atoms with Crippen LogP contribution in [0.4, 0.5) is 46.5 Å². The van der Waals surface area contributed by atoms with Gasteiger partial charge < -0.3 is 190 Å². The standard InChI is InChI=1S/C21H35Cl3N8O4.C20H26Cl2N6O8.C14H22N7O4.C10H10Cl2N6O4.4ClH/c1-4-10-31(2,11-5-22)14-18-20(29(33)34)25-16-27(18)8-9-28-17-26-21(30(35)36)19(28)15-32(3,12-6-23)13-7-24;1-19(2,3)36-18(30)13(22)15-17(28(33)34)24-10-26(15)7-6-25-9-23-16(27(31)32)14(25)12(21)8-20(4,5)35-11-29;1-5-11-13(19(22)23)15-9-17(11)6-7-18-10-16-14(20(24)25)12(18)8-21(2,3)4;11-3-7-9(17(19)20)13-5-15(7)1-2-16-6-14-10(18(21)22)8(16)4-12;;;;/h16-17H,4-15H2,1-3H3;9-13H,6-8H2,1-5H3;9-10H,5-8H2,1-4H3;5-6H,1-4H2;4*1H/q+2;;+1;;;;;/p-4. The molecule has 0 aliphatic heterocycles. The highest BCUT2D eigenvalue weighted by Crippen LogP contribution is 2.38. The Balaban J connectivity index is 0.000000826. The number of halogens is 11. The molecule has 8 aromatic rings. The molecule has 0 amide bonds. The fourth-order valence-electron chi connectivity index (χ4n) is 12.4. The first-order valence-electron chi connectivity index (χ1n) is 36.1. The van der Waals surface area contributed by atoms with Crippen LogP contribution < -0.4 is 49.6 Å². The second-order valence-corrected chi connectivity index (χ2v) is 32.4. The molecule has 8 rings (SSSR count). The van der Waals surface area contributed by atoms with E-state index in [2.05, 4.69) is 46.8 Å². The quantitative estimate of drug-likeness (QED) is 0.0109. The molecule has 686 valence electrons. The predicted molar refractivity (Wildman–Crippen MR) is 432 cm³/mol. The minimum atomic E-state index is -1.54. The van der Waals surface area contributed by atoms with Gasteiger partial charge in [0, 0.05) is 58.8 Å². The topological polar surface area (TPSA) is 540 Å². The zero-order chi connectivity index (χ0) is 89.4. The van der Waals surface area contributed by atoms with E-state index in [-0.39, 0.29) is 145 Å². The van der Waals surface area contributed by atoms with Gasteiger partial charge in [0.05, 0.1) is 96.2 Å². The predicted octanol–water partition coefficient (Wildman–Crippen LogP) is -1.09. The molecular weight excluding hydrogens is 1870 g/mol. The third kappa shape index (κ3) is 31.5. The number of ether oxygens (including phenoxy) is 2. The van der Waals surface area contributed by atoms with Gasteiger partial charge in [0.25, 0.3) is 6.47 Å². The summed E-state index contributed by atoms with van der Waals surface area (Å²) in [5.74, 6) is -2.25. The van der Waals surface area contributed by atoms with Gasteiger partial charge in [-0.2, -0.15) is 0 Å². The molecule has 0 fully saturated rings. The smallest absolute Gasteiger partial charge is 0.390 e. The lowest BCUT2D eigenvalue weighted by Gasteiger charge is -2.33. The van der Waals surface area contributed by atoms with Crippen LogP contribution in [-0.2, 0) is 109 Å². The van der Waals surface area contributed by atoms with Crippen LogP contribution in [0, 0.1) is 80.9 Å². The molecule has 0 aliphatic rings. The van der Waals surface area contributed by atoms with Crippen molar-refractivity contribution in [2.75, 3.05) is 79.1 Å². The summed E-state index contributed by atoms with van der Waals surface area (Å²) in [6.07, 6.45) is 12.1. The average molecular weight is 1960 g/mol. The van der Waals surface area contributed by atoms with Crippen molar-refractivity contribution in [2.24, 2.45) is 0 Å². The molecule has 47 nitrogen and oxygen atoms in total. The number of nitro groups is 8. The van der Waals surface area contributed by atoms with Crippen LogP contribution in [0.2, 0.25) is 0 Å². The largest absolute Gasteiger partial charge is 1.00 e. The second kappa shape index (κ2) is 50.1. The van der Waals surface area contributed by atoms with Crippen molar-refractivity contribution < 1.29 is 122 Å². The van der Waals surface area contributed by atoms with E-state index in [1.54, 1.807) is 52.9 Å². The Morgan fingerprint density at radius 1 is 0.415 bits per heavy atom. The van der Waals surface area contributed by atoms with Gasteiger partial charge in [0.2, 0.25) is 50.6 Å². The molecule has 3 atom stereocenters. The van der Waals surface area contributed by atoms with E-state index in [0.29, 0.717) is 139 Å². The number of aryl methyl sites for hydroxylation is 8. The SMILES string of the molecule is CC(C)(C)OC(=O)C(Cl)c1c([N+](=O)[O-])ncn1CCn1cnc([N+](=O)[O-])c1C(Cl)CC(C)(C)OC=O.CCC[N+](C)(CCCl)Cc1c([N+](=O)[O-])ncn1CCn1cnc([N+](=O)[O-])c1C[N+](C)(CCCl)CCCl.CCc1c([N+](=O)[O-])ncn1CCn1cnc([N+](=O)[O-])c1C[N+](C)(C)C.O=[N+]([O-])c1ncn(CCn2cnc([N+](=O)[O-])c2CCl)c1CCl.[Cl-].[Cl-].[Cl-].[Cl-]. The van der Waals surface area contributed by atoms with Crippen molar-refractivity contribution in [3.8, 4) is 0 Å². The van der Waals surface area contributed by atoms with Gasteiger partial charge in [0.15, 0.2) is 22.5 Å². The Bertz CT molecular complexity index is 4710. The van der Waals surface area contributed by atoms with Gasteiger partial charge in [-0.05, 0) is 127 Å². The third-order valence-corrected chi connectivity index (χ3v) is 19.8. The molecule has 8 heterocycles. The molecule has 3 unspecified atom stereocenters. The molecule has 0 N–H and O–H groups in total. The van der Waals surface area contributed by atoms with Crippen LogP contribution in [0.3, 0.4) is 0 Å². The number of esters is 1. The van der Waals surface area contributed by atoms with E-state index in [9.17, 15) is 90.5 Å². The van der Waals surface area contributed by atoms with E-state index < -0.39 is 78.9 Å². The number of carbonyl (C=O) groups is 2. The van der Waals surface area contributed by atoms with E-state index in [0.717, 1.165) is 19.3 Å². The van der Waals surface area contributed by atoms with E-state index in [4.69, 9.17) is 90.7 Å². The number of alkyl halides is 7. The normalized spacial score (nSPS) is 12.3. The second-order valence-electron chi connectivity index (χ2n) is 29.7. The molecule has 0 saturated heterocycles. The molecule has 8 aromatic heterocycles. The van der Waals surface area contributed by atoms with Crippen LogP contribution in [0.5, 0.6) is 0 Å². The first-order valence-corrected chi connectivity index (χ1v) is 39.7. The average Bonchev–Trinajstić information content (AvgIpc) is 1.66. The number of nitrogens with zero attached hydrogens (tertiary/aromatic N) is 27. The highest BCUT2D eigenvalue weighted by atomic mass is 35.5. The molecule has 0 aromatic carbocycles. The molecule has 123 heavy (non-hydrogen) atoms. The number of hydrogen-bond donors (Lipinski definition) is 0. The number of quaternary nitrogens is 3. The lowest BCUT2D eigenvalue weighted by Crippen LogP contribution is -3.00. The summed E-state index contributed by atoms with van der Waals surface area (Å²) in [5.41, 5.74) is 0.523. The molecule has 0 radical (unpaired) electrons. The van der Waals surface area contributed by atoms with Crippen LogP contribution >= 0.6 is 81.2 Å². The summed E-state index contributed by atoms with van der Waals surface area (Å²) in [4.78, 5) is 140. The van der Waals surface area contributed by atoms with Crippen molar-refractivity contribution in [1.82, 2.24) is 76.4 Å². The van der Waals surface area contributed by atoms with Gasteiger partial charge in [-0.1, -0.05) is 13.8 Å². The molecule has 0 bridgehead atoms. The van der Waals surface area contributed by atoms with Crippen molar-refractivity contribution in [1.29, 1.82) is 0 Å². The number of hydrogen-bond acceptors (Lipinski definition) is 28. The van der Waals surface area contributed by atoms with E-state index in [1.165, 1.54) is 62.6 Å². The van der Waals surface area contributed by atoms with Gasteiger partial charge in [0.1, 0.15) is 59.3 Å². The molecule has 0 spiro atoms. The van der Waals surface area contributed by atoms with Gasteiger partial charge in [-0.25, -0.2) is 4.79 Å². The van der Waals surface area contributed by atoms with Gasteiger partial charge >= 0.3 is 52.5 Å². The Kier molecular flexibility index (Phi) is 45.6.